The second kappa shape index (κ2) is 32.4. The van der Waals surface area contributed by atoms with E-state index in [4.69, 9.17) is 13.8 Å². The van der Waals surface area contributed by atoms with Gasteiger partial charge in [0.1, 0.15) is 18.0 Å². The molecule has 1 aromatic rings. The zero-order valence-corrected chi connectivity index (χ0v) is 35.3. The van der Waals surface area contributed by atoms with E-state index in [-0.39, 0.29) is 30.8 Å². The van der Waals surface area contributed by atoms with Gasteiger partial charge in [-0.2, -0.15) is 0 Å². The Balaban J connectivity index is 1.67. The number of allylic oxidation sites excluding steroid dienone is 12. The van der Waals surface area contributed by atoms with Crippen LogP contribution in [0.4, 0.5) is 0 Å². The highest BCUT2D eigenvalue weighted by atomic mass is 31.2. The summed E-state index contributed by atoms with van der Waals surface area (Å²) in [5.74, 6) is -0.944. The molecule has 318 valence electrons. The summed E-state index contributed by atoms with van der Waals surface area (Å²) in [6.07, 6.45) is 37.3. The van der Waals surface area contributed by atoms with Crippen molar-refractivity contribution in [2.24, 2.45) is 5.92 Å². The van der Waals surface area contributed by atoms with Crippen molar-refractivity contribution in [3.05, 3.63) is 116 Å². The molecule has 0 bridgehead atoms. The lowest BCUT2D eigenvalue weighted by atomic mass is 10.1. The molecule has 0 saturated carbocycles. The van der Waals surface area contributed by atoms with Gasteiger partial charge in [0.15, 0.2) is 0 Å². The second-order valence-electron chi connectivity index (χ2n) is 13.7. The molecule has 4 N–H and O–H groups in total. The van der Waals surface area contributed by atoms with E-state index in [1.54, 1.807) is 30.3 Å². The van der Waals surface area contributed by atoms with Gasteiger partial charge in [-0.1, -0.05) is 105 Å². The molecule has 1 fully saturated rings. The average molecular weight is 821 g/mol. The van der Waals surface area contributed by atoms with E-state index in [9.17, 15) is 24.3 Å². The maximum atomic E-state index is 12.3. The Hall–Kier alpha value is -4.61. The summed E-state index contributed by atoms with van der Waals surface area (Å²) in [4.78, 5) is 48.5. The Morgan fingerprint density at radius 3 is 2.10 bits per heavy atom. The van der Waals surface area contributed by atoms with Gasteiger partial charge in [-0.3, -0.25) is 24.5 Å². The van der Waals surface area contributed by atoms with Gasteiger partial charge in [0.05, 0.1) is 12.7 Å². The van der Waals surface area contributed by atoms with Crippen LogP contribution in [0.5, 0.6) is 5.75 Å². The first kappa shape index (κ1) is 49.5. The number of amides is 3. The maximum absolute atomic E-state index is 12.3. The number of benzene rings is 1. The molecular weight excluding hydrogens is 755 g/mol. The standard InChI is InChI=1S/C45H65N4O8P/c1-4-5-6-7-8-9-10-11-12-13-14-15-16-17-18-19-20-21-25-31-42(51)46-33-27-26-30-41(45(53)54)48-58(57-39-28-23-22-24-29-39)55-36-40-35-38(2)44(56-40)49(3)34-32-43(52)47-37-50/h5-6,8-9,11-12,14-15,17-18,20-24,28-29,32,34,37-38,40-41,44,48H,4,7,10,13,16,19,25-27,30-31,33,35-36H2,1-3H3,(H,46,51)(H,53,54)(H,47,50,52)/b6-5-,9-8-,12-11-,15-14-,18-17-,21-20-,34-32-. The maximum Gasteiger partial charge on any atom is 0.321 e. The lowest BCUT2D eigenvalue weighted by molar-refractivity contribution is -0.139. The smallest absolute Gasteiger partial charge is 0.321 e. The molecule has 13 heteroatoms. The van der Waals surface area contributed by atoms with Crippen LogP contribution in [0.25, 0.3) is 0 Å². The van der Waals surface area contributed by atoms with Crippen LogP contribution in [0.2, 0.25) is 0 Å². The number of carboxylic acids is 1. The lowest BCUT2D eigenvalue weighted by Crippen LogP contribution is -2.35. The molecule has 3 amide bonds. The van der Waals surface area contributed by atoms with Gasteiger partial charge in [-0.05, 0) is 82.8 Å². The first-order valence-electron chi connectivity index (χ1n) is 20.3. The number of carboxylic acid groups (broad SMARTS) is 1. The van der Waals surface area contributed by atoms with Gasteiger partial charge in [-0.25, -0.2) is 5.09 Å². The fourth-order valence-corrected chi connectivity index (χ4v) is 7.02. The minimum absolute atomic E-state index is 0.0306. The molecule has 0 aromatic heterocycles. The van der Waals surface area contributed by atoms with Gasteiger partial charge in [0, 0.05) is 38.2 Å². The molecule has 0 radical (unpaired) electrons. The number of ether oxygens (including phenoxy) is 1. The van der Waals surface area contributed by atoms with Crippen LogP contribution in [-0.4, -0.2) is 72.8 Å². The van der Waals surface area contributed by atoms with E-state index in [1.807, 2.05) is 31.2 Å². The van der Waals surface area contributed by atoms with Crippen molar-refractivity contribution in [1.82, 2.24) is 20.6 Å². The molecular formula is C45H65N4O8P. The minimum Gasteiger partial charge on any atom is -0.480 e. The number of hydrogen-bond donors (Lipinski definition) is 4. The summed E-state index contributed by atoms with van der Waals surface area (Å²) in [5, 5.41) is 18.1. The van der Waals surface area contributed by atoms with Crippen molar-refractivity contribution in [2.75, 3.05) is 20.2 Å². The van der Waals surface area contributed by atoms with Gasteiger partial charge < -0.3 is 29.1 Å². The molecule has 5 atom stereocenters. The predicted molar refractivity (Wildman–Crippen MR) is 232 cm³/mol. The van der Waals surface area contributed by atoms with E-state index < -0.39 is 26.4 Å². The van der Waals surface area contributed by atoms with E-state index in [0.717, 1.165) is 38.5 Å². The summed E-state index contributed by atoms with van der Waals surface area (Å²) in [6, 6.07) is 8.11. The Morgan fingerprint density at radius 1 is 0.914 bits per heavy atom. The zero-order valence-electron chi connectivity index (χ0n) is 34.5. The SMILES string of the molecule is CC/C=C\C/C=C\C/C=C\C/C=C\C/C=C\C/C=C\CCC(=O)NCCCCC(NP(OCC1CC(C)C(N(C)/C=C\C(=O)NC=O)O1)Oc1ccccc1)C(=O)O. The van der Waals surface area contributed by atoms with E-state index in [1.165, 1.54) is 6.08 Å². The van der Waals surface area contributed by atoms with Crippen LogP contribution in [0.15, 0.2) is 116 Å². The number of para-hydroxylation sites is 1. The van der Waals surface area contributed by atoms with Crippen LogP contribution >= 0.6 is 8.53 Å². The fraction of sp³-hybridized carbons (Fsp3) is 0.467. The summed E-state index contributed by atoms with van der Waals surface area (Å²) >= 11 is 0. The molecule has 1 aliphatic heterocycles. The number of imide groups is 1. The van der Waals surface area contributed by atoms with Crippen molar-refractivity contribution in [1.29, 1.82) is 0 Å². The quantitative estimate of drug-likeness (QED) is 0.0188. The number of nitrogens with one attached hydrogen (secondary N) is 3. The van der Waals surface area contributed by atoms with Crippen molar-refractivity contribution >= 4 is 32.7 Å². The number of rotatable bonds is 31. The second-order valence-corrected chi connectivity index (χ2v) is 15.0. The summed E-state index contributed by atoms with van der Waals surface area (Å²) < 4.78 is 18.4. The van der Waals surface area contributed by atoms with Crippen LogP contribution in [-0.2, 0) is 28.4 Å². The van der Waals surface area contributed by atoms with Crippen molar-refractivity contribution < 1.29 is 38.1 Å². The Labute approximate surface area is 347 Å². The van der Waals surface area contributed by atoms with E-state index >= 15 is 0 Å². The first-order valence-corrected chi connectivity index (χ1v) is 21.5. The number of aliphatic carboxylic acids is 1. The molecule has 1 saturated heterocycles. The van der Waals surface area contributed by atoms with Crippen molar-refractivity contribution in [3.63, 3.8) is 0 Å². The Bertz CT molecular complexity index is 1530. The number of nitrogens with zero attached hydrogens (tertiary/aromatic N) is 1. The highest BCUT2D eigenvalue weighted by Gasteiger charge is 2.35. The Kier molecular flexibility index (Phi) is 27.6. The molecule has 1 aliphatic rings. The van der Waals surface area contributed by atoms with Crippen LogP contribution < -0.4 is 20.2 Å². The fourth-order valence-electron chi connectivity index (χ4n) is 5.73. The van der Waals surface area contributed by atoms with Gasteiger partial charge in [0.2, 0.25) is 12.3 Å². The van der Waals surface area contributed by atoms with Crippen LogP contribution in [0, 0.1) is 5.92 Å². The molecule has 0 aliphatic carbocycles. The van der Waals surface area contributed by atoms with Crippen molar-refractivity contribution in [3.8, 4) is 5.75 Å². The van der Waals surface area contributed by atoms with Gasteiger partial charge in [0.25, 0.3) is 5.91 Å². The third-order valence-corrected chi connectivity index (χ3v) is 10.0. The topological polar surface area (TPSA) is 156 Å². The third kappa shape index (κ3) is 24.2. The monoisotopic (exact) mass is 820 g/mol. The van der Waals surface area contributed by atoms with Crippen LogP contribution in [0.3, 0.4) is 0 Å². The van der Waals surface area contributed by atoms with E-state index in [2.05, 4.69) is 89.5 Å². The highest BCUT2D eigenvalue weighted by Crippen LogP contribution is 2.38. The number of carbonyl (C=O) groups is 4. The van der Waals surface area contributed by atoms with Gasteiger partial charge in [-0.15, -0.1) is 0 Å². The number of unbranched alkanes of at least 4 members (excludes halogenated alkanes) is 1. The molecule has 1 heterocycles. The molecule has 5 unspecified atom stereocenters. The van der Waals surface area contributed by atoms with Crippen molar-refractivity contribution in [2.45, 2.75) is 109 Å². The normalized spacial score (nSPS) is 18.4. The predicted octanol–water partition coefficient (Wildman–Crippen LogP) is 8.59. The summed E-state index contributed by atoms with van der Waals surface area (Å²) in [6.45, 7) is 4.79. The molecule has 58 heavy (non-hydrogen) atoms. The summed E-state index contributed by atoms with van der Waals surface area (Å²) in [5.41, 5.74) is 0. The molecule has 0 spiro atoms. The molecule has 12 nitrogen and oxygen atoms in total. The zero-order chi connectivity index (χ0) is 42.1. The molecule has 1 aromatic carbocycles. The summed E-state index contributed by atoms with van der Waals surface area (Å²) in [7, 11) is -0.0815. The van der Waals surface area contributed by atoms with Crippen LogP contribution in [0.1, 0.15) is 90.9 Å². The molecule has 2 rings (SSSR count). The average Bonchev–Trinajstić information content (AvgIpc) is 3.59. The number of carbonyl (C=O) groups excluding carboxylic acids is 3. The van der Waals surface area contributed by atoms with E-state index in [0.29, 0.717) is 57.2 Å². The number of hydrogen-bond acceptors (Lipinski definition) is 9. The third-order valence-electron chi connectivity index (χ3n) is 8.76. The highest BCUT2D eigenvalue weighted by molar-refractivity contribution is 7.45. The minimum atomic E-state index is -1.86. The largest absolute Gasteiger partial charge is 0.480 e. The lowest BCUT2D eigenvalue weighted by Gasteiger charge is -2.26. The Morgan fingerprint density at radius 2 is 1.52 bits per heavy atom. The first-order chi connectivity index (χ1) is 28.2. The van der Waals surface area contributed by atoms with Gasteiger partial charge >= 0.3 is 14.5 Å².